The smallest absolute Gasteiger partial charge is 0.222 e. The Morgan fingerprint density at radius 2 is 1.68 bits per heavy atom. The molecule has 0 radical (unpaired) electrons. The summed E-state index contributed by atoms with van der Waals surface area (Å²) in [6.07, 6.45) is 5.64. The molecule has 0 bridgehead atoms. The molecule has 2 aromatic carbocycles. The maximum absolute atomic E-state index is 13.3. The summed E-state index contributed by atoms with van der Waals surface area (Å²) in [4.78, 5) is 21.2. The Balaban J connectivity index is 1.49. The van der Waals surface area contributed by atoms with E-state index in [0.717, 1.165) is 28.2 Å². The largest absolute Gasteiger partial charge is 0.352 e. The summed E-state index contributed by atoms with van der Waals surface area (Å²) in [5.41, 5.74) is 4.71. The van der Waals surface area contributed by atoms with Crippen LogP contribution in [-0.2, 0) is 17.9 Å². The molecular formula is C25H23FN4O. The van der Waals surface area contributed by atoms with Crippen LogP contribution in [0.1, 0.15) is 17.5 Å². The fourth-order valence-electron chi connectivity index (χ4n) is 3.29. The first-order valence-electron chi connectivity index (χ1n) is 10.1. The van der Waals surface area contributed by atoms with Crippen LogP contribution in [0.5, 0.6) is 0 Å². The van der Waals surface area contributed by atoms with Crippen LogP contribution in [0.25, 0.3) is 22.6 Å². The summed E-state index contributed by atoms with van der Waals surface area (Å²) < 4.78 is 15.3. The number of halogens is 1. The van der Waals surface area contributed by atoms with Crippen molar-refractivity contribution in [2.45, 2.75) is 26.4 Å². The number of hydrogen-bond acceptors (Lipinski definition) is 3. The maximum Gasteiger partial charge on any atom is 0.222 e. The summed E-state index contributed by atoms with van der Waals surface area (Å²) in [6, 6.07) is 18.1. The average molecular weight is 414 g/mol. The Labute approximate surface area is 180 Å². The van der Waals surface area contributed by atoms with Crippen molar-refractivity contribution in [1.82, 2.24) is 19.9 Å². The van der Waals surface area contributed by atoms with Gasteiger partial charge in [0.2, 0.25) is 5.91 Å². The predicted molar refractivity (Wildman–Crippen MR) is 118 cm³/mol. The molecule has 1 amide bonds. The van der Waals surface area contributed by atoms with Crippen LogP contribution in [0.15, 0.2) is 79.3 Å². The number of pyridine rings is 1. The molecular weight excluding hydrogens is 391 g/mol. The van der Waals surface area contributed by atoms with E-state index in [2.05, 4.69) is 10.3 Å². The molecule has 0 atom stereocenters. The highest BCUT2D eigenvalue weighted by Crippen LogP contribution is 2.25. The number of carbonyl (C=O) groups excluding carboxylic acids is 1. The van der Waals surface area contributed by atoms with Gasteiger partial charge in [0.15, 0.2) is 0 Å². The minimum atomic E-state index is -0.289. The first-order valence-corrected chi connectivity index (χ1v) is 10.1. The SMILES string of the molecule is Cc1ccc(CNC(=O)CCn2cc(-c3ccc(F)cc3)nc2-c2ccncc2)cc1. The zero-order chi connectivity index (χ0) is 21.6. The number of nitrogens with zero attached hydrogens (tertiary/aromatic N) is 3. The van der Waals surface area contributed by atoms with Gasteiger partial charge in [0, 0.05) is 49.2 Å². The van der Waals surface area contributed by atoms with Gasteiger partial charge in [-0.25, -0.2) is 9.37 Å². The van der Waals surface area contributed by atoms with Crippen LogP contribution in [0.4, 0.5) is 4.39 Å². The van der Waals surface area contributed by atoms with Crippen LogP contribution in [0.3, 0.4) is 0 Å². The van der Waals surface area contributed by atoms with E-state index in [9.17, 15) is 9.18 Å². The quantitative estimate of drug-likeness (QED) is 0.474. The maximum atomic E-state index is 13.3. The molecule has 31 heavy (non-hydrogen) atoms. The van der Waals surface area contributed by atoms with E-state index in [0.29, 0.717) is 19.5 Å². The van der Waals surface area contributed by atoms with Gasteiger partial charge < -0.3 is 9.88 Å². The lowest BCUT2D eigenvalue weighted by molar-refractivity contribution is -0.121. The van der Waals surface area contributed by atoms with E-state index in [1.54, 1.807) is 24.5 Å². The number of benzene rings is 2. The monoisotopic (exact) mass is 414 g/mol. The zero-order valence-electron chi connectivity index (χ0n) is 17.3. The molecule has 0 aliphatic heterocycles. The van der Waals surface area contributed by atoms with Crippen molar-refractivity contribution in [1.29, 1.82) is 0 Å². The van der Waals surface area contributed by atoms with Gasteiger partial charge in [-0.1, -0.05) is 29.8 Å². The Kier molecular flexibility index (Phi) is 6.17. The van der Waals surface area contributed by atoms with Gasteiger partial charge in [0.1, 0.15) is 11.6 Å². The third-order valence-electron chi connectivity index (χ3n) is 5.05. The van der Waals surface area contributed by atoms with E-state index < -0.39 is 0 Å². The molecule has 0 saturated carbocycles. The van der Waals surface area contributed by atoms with E-state index in [-0.39, 0.29) is 11.7 Å². The number of imidazole rings is 1. The second-order valence-corrected chi connectivity index (χ2v) is 7.40. The van der Waals surface area contributed by atoms with E-state index in [4.69, 9.17) is 4.98 Å². The summed E-state index contributed by atoms with van der Waals surface area (Å²) in [7, 11) is 0. The molecule has 0 aliphatic rings. The van der Waals surface area contributed by atoms with Gasteiger partial charge in [-0.15, -0.1) is 0 Å². The van der Waals surface area contributed by atoms with Gasteiger partial charge in [-0.2, -0.15) is 0 Å². The number of carbonyl (C=O) groups is 1. The zero-order valence-corrected chi connectivity index (χ0v) is 17.3. The van der Waals surface area contributed by atoms with Crippen molar-refractivity contribution in [3.05, 3.63) is 96.2 Å². The second-order valence-electron chi connectivity index (χ2n) is 7.40. The van der Waals surface area contributed by atoms with Crippen molar-refractivity contribution in [2.24, 2.45) is 0 Å². The molecule has 4 aromatic rings. The van der Waals surface area contributed by atoms with Crippen LogP contribution < -0.4 is 5.32 Å². The number of rotatable bonds is 7. The van der Waals surface area contributed by atoms with Crippen molar-refractivity contribution in [2.75, 3.05) is 0 Å². The number of aromatic nitrogens is 3. The Morgan fingerprint density at radius 3 is 2.39 bits per heavy atom. The summed E-state index contributed by atoms with van der Waals surface area (Å²) in [5, 5.41) is 2.97. The third-order valence-corrected chi connectivity index (χ3v) is 5.05. The summed E-state index contributed by atoms with van der Waals surface area (Å²) >= 11 is 0. The Hall–Kier alpha value is -3.80. The number of amides is 1. The first-order chi connectivity index (χ1) is 15.1. The average Bonchev–Trinajstić information content (AvgIpc) is 3.22. The third kappa shape index (κ3) is 5.22. The lowest BCUT2D eigenvalue weighted by atomic mass is 10.1. The van der Waals surface area contributed by atoms with E-state index in [1.165, 1.54) is 17.7 Å². The van der Waals surface area contributed by atoms with Crippen molar-refractivity contribution in [3.63, 3.8) is 0 Å². The predicted octanol–water partition coefficient (Wildman–Crippen LogP) is 4.77. The van der Waals surface area contributed by atoms with Crippen molar-refractivity contribution >= 4 is 5.91 Å². The van der Waals surface area contributed by atoms with Gasteiger partial charge >= 0.3 is 0 Å². The van der Waals surface area contributed by atoms with Crippen molar-refractivity contribution in [3.8, 4) is 22.6 Å². The van der Waals surface area contributed by atoms with Crippen LogP contribution in [0.2, 0.25) is 0 Å². The molecule has 0 fully saturated rings. The molecule has 1 N–H and O–H groups in total. The molecule has 156 valence electrons. The number of hydrogen-bond donors (Lipinski definition) is 1. The van der Waals surface area contributed by atoms with Gasteiger partial charge in [0.25, 0.3) is 0 Å². The fourth-order valence-corrected chi connectivity index (χ4v) is 3.29. The van der Waals surface area contributed by atoms with Crippen LogP contribution in [-0.4, -0.2) is 20.4 Å². The minimum absolute atomic E-state index is 0.0294. The topological polar surface area (TPSA) is 59.8 Å². The van der Waals surface area contributed by atoms with Gasteiger partial charge in [0.05, 0.1) is 5.69 Å². The Morgan fingerprint density at radius 1 is 0.968 bits per heavy atom. The van der Waals surface area contributed by atoms with Gasteiger partial charge in [-0.3, -0.25) is 9.78 Å². The standard InChI is InChI=1S/C25H23FN4O/c1-18-2-4-19(5-3-18)16-28-24(31)12-15-30-17-23(20-6-8-22(26)9-7-20)29-25(30)21-10-13-27-14-11-21/h2-11,13-14,17H,12,15-16H2,1H3,(H,28,31). The van der Waals surface area contributed by atoms with Crippen LogP contribution in [0, 0.1) is 12.7 Å². The molecule has 2 aromatic heterocycles. The van der Waals surface area contributed by atoms with Gasteiger partial charge in [-0.05, 0) is 48.9 Å². The second kappa shape index (κ2) is 9.34. The molecule has 5 nitrogen and oxygen atoms in total. The minimum Gasteiger partial charge on any atom is -0.352 e. The lowest BCUT2D eigenvalue weighted by Gasteiger charge is -2.09. The number of aryl methyl sites for hydroxylation is 2. The summed E-state index contributed by atoms with van der Waals surface area (Å²) in [5.74, 6) is 0.425. The molecule has 0 aliphatic carbocycles. The highest BCUT2D eigenvalue weighted by atomic mass is 19.1. The molecule has 0 saturated heterocycles. The highest BCUT2D eigenvalue weighted by Gasteiger charge is 2.13. The molecule has 2 heterocycles. The molecule has 6 heteroatoms. The highest BCUT2D eigenvalue weighted by molar-refractivity contribution is 5.76. The first kappa shape index (κ1) is 20.5. The van der Waals surface area contributed by atoms with E-state index >= 15 is 0 Å². The molecule has 0 unspecified atom stereocenters. The normalized spacial score (nSPS) is 10.8. The van der Waals surface area contributed by atoms with E-state index in [1.807, 2.05) is 54.1 Å². The molecule has 0 spiro atoms. The van der Waals surface area contributed by atoms with Crippen molar-refractivity contribution < 1.29 is 9.18 Å². The fraction of sp³-hybridized carbons (Fsp3) is 0.160. The molecule has 4 rings (SSSR count). The number of nitrogens with one attached hydrogen (secondary N) is 1. The lowest BCUT2D eigenvalue weighted by Crippen LogP contribution is -2.24. The summed E-state index contributed by atoms with van der Waals surface area (Å²) in [6.45, 7) is 3.01. The van der Waals surface area contributed by atoms with Crippen LogP contribution >= 0.6 is 0 Å². The Bertz CT molecular complexity index is 1150.